The van der Waals surface area contributed by atoms with Gasteiger partial charge in [-0.25, -0.2) is 4.98 Å². The molecule has 0 spiro atoms. The highest BCUT2D eigenvalue weighted by atomic mass is 79.9. The zero-order valence-corrected chi connectivity index (χ0v) is 19.9. The number of nitrogens with zero attached hydrogens (tertiary/aromatic N) is 3. The molecule has 1 amide bonds. The molecule has 0 saturated heterocycles. The predicted molar refractivity (Wildman–Crippen MR) is 133 cm³/mol. The van der Waals surface area contributed by atoms with Crippen molar-refractivity contribution < 1.29 is 4.79 Å². The van der Waals surface area contributed by atoms with Crippen LogP contribution in [0.15, 0.2) is 69.6 Å². The monoisotopic (exact) mass is 531 g/mol. The number of hydrogen-bond donors (Lipinski definition) is 0. The van der Waals surface area contributed by atoms with E-state index in [-0.39, 0.29) is 5.91 Å². The van der Waals surface area contributed by atoms with Crippen molar-refractivity contribution in [2.24, 2.45) is 5.10 Å². The van der Waals surface area contributed by atoms with Gasteiger partial charge in [-0.1, -0.05) is 63.1 Å². The predicted octanol–water partition coefficient (Wildman–Crippen LogP) is 7.67. The minimum Gasteiger partial charge on any atom is -0.266 e. The van der Waals surface area contributed by atoms with Gasteiger partial charge in [-0.15, -0.1) is 22.7 Å². The molecule has 3 heterocycles. The average molecular weight is 533 g/mol. The van der Waals surface area contributed by atoms with E-state index < -0.39 is 0 Å². The summed E-state index contributed by atoms with van der Waals surface area (Å²) in [5.41, 5.74) is 0.810. The Morgan fingerprint density at radius 2 is 1.97 bits per heavy atom. The molecule has 0 aliphatic rings. The third-order valence-electron chi connectivity index (χ3n) is 4.29. The fourth-order valence-corrected chi connectivity index (χ4v) is 6.38. The molecule has 3 aromatic heterocycles. The van der Waals surface area contributed by atoms with Crippen LogP contribution in [0.1, 0.15) is 14.5 Å². The summed E-state index contributed by atoms with van der Waals surface area (Å²) in [5, 5.41) is 9.60. The maximum absolute atomic E-state index is 13.5. The van der Waals surface area contributed by atoms with Crippen molar-refractivity contribution in [2.75, 3.05) is 5.01 Å². The molecule has 5 aromatic rings. The van der Waals surface area contributed by atoms with Gasteiger partial charge in [-0.3, -0.25) is 4.79 Å². The molecule has 5 rings (SSSR count). The zero-order chi connectivity index (χ0) is 20.7. The molecule has 2 aromatic carbocycles. The molecular weight excluding hydrogens is 522 g/mol. The molecule has 0 N–H and O–H groups in total. The number of carbonyl (C=O) groups excluding carboxylic acids is 1. The first kappa shape index (κ1) is 19.8. The van der Waals surface area contributed by atoms with Crippen molar-refractivity contribution in [3.8, 4) is 0 Å². The Kier molecular flexibility index (Phi) is 5.43. The number of thiophene rings is 2. The summed E-state index contributed by atoms with van der Waals surface area (Å²) in [6.07, 6.45) is 1.67. The largest absolute Gasteiger partial charge is 0.292 e. The number of halogens is 2. The molecule has 0 aliphatic heterocycles. The van der Waals surface area contributed by atoms with E-state index in [2.05, 4.69) is 26.0 Å². The number of aromatic nitrogens is 1. The minimum absolute atomic E-state index is 0.299. The van der Waals surface area contributed by atoms with Crippen LogP contribution in [0.5, 0.6) is 0 Å². The summed E-state index contributed by atoms with van der Waals surface area (Å²) in [4.78, 5) is 19.6. The Balaban J connectivity index is 1.62. The first-order chi connectivity index (χ1) is 14.6. The summed E-state index contributed by atoms with van der Waals surface area (Å²) in [5.74, 6) is -0.299. The van der Waals surface area contributed by atoms with E-state index in [4.69, 9.17) is 11.6 Å². The lowest BCUT2D eigenvalue weighted by Gasteiger charge is -2.12. The molecule has 30 heavy (non-hydrogen) atoms. The van der Waals surface area contributed by atoms with Crippen LogP contribution >= 0.6 is 61.5 Å². The van der Waals surface area contributed by atoms with Gasteiger partial charge < -0.3 is 0 Å². The number of anilines is 1. The molecule has 0 bridgehead atoms. The summed E-state index contributed by atoms with van der Waals surface area (Å²) in [6.45, 7) is 0. The minimum atomic E-state index is -0.299. The van der Waals surface area contributed by atoms with Crippen LogP contribution in [0.4, 0.5) is 5.13 Å². The van der Waals surface area contributed by atoms with Crippen LogP contribution in [0.25, 0.3) is 20.3 Å². The number of carbonyl (C=O) groups is 1. The smallest absolute Gasteiger partial charge is 0.266 e. The van der Waals surface area contributed by atoms with Gasteiger partial charge in [-0.05, 0) is 35.7 Å². The molecule has 0 unspecified atom stereocenters. The molecule has 4 nitrogen and oxygen atoms in total. The number of benzene rings is 2. The maximum Gasteiger partial charge on any atom is 0.292 e. The lowest BCUT2D eigenvalue weighted by Crippen LogP contribution is -2.25. The van der Waals surface area contributed by atoms with E-state index >= 15 is 0 Å². The van der Waals surface area contributed by atoms with Crippen molar-refractivity contribution in [1.82, 2.24) is 4.98 Å². The fourth-order valence-electron chi connectivity index (χ4n) is 2.89. The van der Waals surface area contributed by atoms with E-state index in [0.29, 0.717) is 15.0 Å². The number of hydrazone groups is 1. The van der Waals surface area contributed by atoms with Crippen LogP contribution in [0.2, 0.25) is 5.02 Å². The van der Waals surface area contributed by atoms with E-state index in [1.54, 1.807) is 17.6 Å². The highest BCUT2D eigenvalue weighted by molar-refractivity contribution is 9.10. The topological polar surface area (TPSA) is 45.6 Å². The molecule has 0 saturated carbocycles. The molecule has 0 aliphatic carbocycles. The van der Waals surface area contributed by atoms with E-state index in [9.17, 15) is 4.79 Å². The van der Waals surface area contributed by atoms with Gasteiger partial charge in [0.05, 0.1) is 21.5 Å². The van der Waals surface area contributed by atoms with Crippen molar-refractivity contribution in [1.29, 1.82) is 0 Å². The van der Waals surface area contributed by atoms with Crippen LogP contribution in [-0.2, 0) is 0 Å². The van der Waals surface area contributed by atoms with Gasteiger partial charge in [0.25, 0.3) is 5.91 Å². The second-order valence-electron chi connectivity index (χ2n) is 6.23. The Morgan fingerprint density at radius 1 is 1.10 bits per heavy atom. The van der Waals surface area contributed by atoms with E-state index in [1.807, 2.05) is 60.0 Å². The lowest BCUT2D eigenvalue weighted by atomic mass is 10.2. The first-order valence-electron chi connectivity index (χ1n) is 8.75. The molecular formula is C21H11BrClN3OS3. The Labute approximate surface area is 197 Å². The second kappa shape index (κ2) is 8.20. The summed E-state index contributed by atoms with van der Waals surface area (Å²) < 4.78 is 2.88. The van der Waals surface area contributed by atoms with Crippen molar-refractivity contribution >= 4 is 99.1 Å². The van der Waals surface area contributed by atoms with Crippen LogP contribution < -0.4 is 5.01 Å². The van der Waals surface area contributed by atoms with Crippen LogP contribution in [0.3, 0.4) is 0 Å². The van der Waals surface area contributed by atoms with Gasteiger partial charge in [0, 0.05) is 19.4 Å². The standard InChI is InChI=1S/C21H11BrClN3OS3/c22-12-7-8-15-17(10-12)30-21(25-15)26(24-11-13-4-3-9-28-13)20(27)19-18(23)14-5-1-2-6-16(14)29-19/h1-11H/b24-11+. The average Bonchev–Trinajstić information content (AvgIpc) is 3.47. The number of amides is 1. The van der Waals surface area contributed by atoms with Crippen LogP contribution in [0, 0.1) is 0 Å². The number of thiazole rings is 1. The summed E-state index contributed by atoms with van der Waals surface area (Å²) >= 11 is 14.4. The van der Waals surface area contributed by atoms with Gasteiger partial charge in [0.15, 0.2) is 0 Å². The summed E-state index contributed by atoms with van der Waals surface area (Å²) in [7, 11) is 0. The third-order valence-corrected chi connectivity index (χ3v) is 8.24. The highest BCUT2D eigenvalue weighted by Gasteiger charge is 2.26. The van der Waals surface area contributed by atoms with Gasteiger partial charge in [0.1, 0.15) is 4.88 Å². The first-order valence-corrected chi connectivity index (χ1v) is 12.4. The SMILES string of the molecule is O=C(c1sc2ccccc2c1Cl)N(/N=C/c1cccs1)c1nc2ccc(Br)cc2s1. The number of fused-ring (bicyclic) bond motifs is 2. The molecule has 0 atom stereocenters. The van der Waals surface area contributed by atoms with E-state index in [1.165, 1.54) is 27.7 Å². The Morgan fingerprint density at radius 3 is 2.77 bits per heavy atom. The van der Waals surface area contributed by atoms with Gasteiger partial charge >= 0.3 is 0 Å². The second-order valence-corrected chi connectivity index (χ2v) is 10.6. The maximum atomic E-state index is 13.5. The fraction of sp³-hybridized carbons (Fsp3) is 0. The third kappa shape index (κ3) is 3.70. The number of hydrogen-bond acceptors (Lipinski definition) is 6. The molecule has 9 heteroatoms. The Hall–Kier alpha value is -2.10. The quantitative estimate of drug-likeness (QED) is 0.176. The molecule has 0 fully saturated rings. The molecule has 0 radical (unpaired) electrons. The van der Waals surface area contributed by atoms with E-state index in [0.717, 1.165) is 29.7 Å². The van der Waals surface area contributed by atoms with Gasteiger partial charge in [0.2, 0.25) is 5.13 Å². The normalized spacial score (nSPS) is 11.7. The van der Waals surface area contributed by atoms with Crippen molar-refractivity contribution in [3.63, 3.8) is 0 Å². The Bertz CT molecular complexity index is 1410. The van der Waals surface area contributed by atoms with Crippen LogP contribution in [-0.4, -0.2) is 17.1 Å². The van der Waals surface area contributed by atoms with Crippen molar-refractivity contribution in [3.05, 3.63) is 79.2 Å². The lowest BCUT2D eigenvalue weighted by molar-refractivity contribution is 0.0992. The summed E-state index contributed by atoms with van der Waals surface area (Å²) in [6, 6.07) is 17.4. The zero-order valence-electron chi connectivity index (χ0n) is 15.1. The van der Waals surface area contributed by atoms with Gasteiger partial charge in [-0.2, -0.15) is 10.1 Å². The number of rotatable bonds is 4. The highest BCUT2D eigenvalue weighted by Crippen LogP contribution is 2.38. The molecule has 148 valence electrons. The van der Waals surface area contributed by atoms with Crippen molar-refractivity contribution in [2.45, 2.75) is 0 Å².